The Hall–Kier alpha value is -2.89. The van der Waals surface area contributed by atoms with E-state index in [1.807, 2.05) is 0 Å². The van der Waals surface area contributed by atoms with Gasteiger partial charge < -0.3 is 0 Å². The summed E-state index contributed by atoms with van der Waals surface area (Å²) in [5.74, 6) is 1.04. The molecule has 0 N–H and O–H groups in total. The SMILES string of the molecule is CCCCCCCCOc1ccccc1C[PH](c1ccccc1)(c1ccccc1)c1ccccc1. The maximum atomic E-state index is 6.42. The normalized spacial score (nSPS) is 11.8. The van der Waals surface area contributed by atoms with Crippen LogP contribution in [0.25, 0.3) is 0 Å². The molecule has 1 nitrogen and oxygen atoms in total. The van der Waals surface area contributed by atoms with Gasteiger partial charge in [-0.1, -0.05) is 0 Å². The van der Waals surface area contributed by atoms with Crippen molar-refractivity contribution < 1.29 is 4.74 Å². The van der Waals surface area contributed by atoms with Gasteiger partial charge in [0.25, 0.3) is 0 Å². The molecule has 0 radical (unpaired) electrons. The van der Waals surface area contributed by atoms with Gasteiger partial charge in [-0.05, 0) is 0 Å². The molecule has 35 heavy (non-hydrogen) atoms. The number of para-hydroxylation sites is 1. The van der Waals surface area contributed by atoms with Gasteiger partial charge in [0, 0.05) is 0 Å². The van der Waals surface area contributed by atoms with Gasteiger partial charge in [-0.2, -0.15) is 0 Å². The Morgan fingerprint density at radius 1 is 0.514 bits per heavy atom. The first-order chi connectivity index (χ1) is 17.3. The van der Waals surface area contributed by atoms with Crippen LogP contribution in [-0.2, 0) is 6.16 Å². The molecule has 0 heterocycles. The van der Waals surface area contributed by atoms with E-state index in [-0.39, 0.29) is 0 Å². The average Bonchev–Trinajstić information content (AvgIpc) is 2.93. The molecule has 0 saturated carbocycles. The molecule has 0 aliphatic heterocycles. The van der Waals surface area contributed by atoms with Crippen LogP contribution in [0, 0.1) is 0 Å². The Bertz CT molecular complexity index is 1030. The summed E-state index contributed by atoms with van der Waals surface area (Å²) in [6.07, 6.45) is 8.62. The van der Waals surface area contributed by atoms with Crippen LogP contribution in [0.5, 0.6) is 5.75 Å². The fraction of sp³-hybridized carbons (Fsp3) is 0.273. The average molecular weight is 483 g/mol. The summed E-state index contributed by atoms with van der Waals surface area (Å²) in [4.78, 5) is 0. The molecule has 0 atom stereocenters. The van der Waals surface area contributed by atoms with Crippen LogP contribution in [0.3, 0.4) is 0 Å². The van der Waals surface area contributed by atoms with E-state index in [1.54, 1.807) is 0 Å². The second-order valence-electron chi connectivity index (χ2n) is 9.40. The first-order valence-electron chi connectivity index (χ1n) is 13.2. The Kier molecular flexibility index (Phi) is 9.56. The molecule has 0 aliphatic rings. The van der Waals surface area contributed by atoms with Crippen LogP contribution in [0.1, 0.15) is 51.0 Å². The van der Waals surface area contributed by atoms with Crippen LogP contribution >= 0.6 is 7.26 Å². The third-order valence-electron chi connectivity index (χ3n) is 6.98. The molecule has 4 aromatic carbocycles. The van der Waals surface area contributed by atoms with Gasteiger partial charge in [0.15, 0.2) is 0 Å². The third kappa shape index (κ3) is 6.41. The molecule has 0 saturated heterocycles. The number of hydrogen-bond donors (Lipinski definition) is 0. The topological polar surface area (TPSA) is 9.23 Å². The summed E-state index contributed by atoms with van der Waals surface area (Å²) in [7, 11) is -2.35. The monoisotopic (exact) mass is 482 g/mol. The van der Waals surface area contributed by atoms with Crippen molar-refractivity contribution in [3.63, 3.8) is 0 Å². The van der Waals surface area contributed by atoms with Crippen molar-refractivity contribution in [1.82, 2.24) is 0 Å². The first-order valence-corrected chi connectivity index (χ1v) is 15.4. The predicted octanol–water partition coefficient (Wildman–Crippen LogP) is 7.65. The molecule has 0 aliphatic carbocycles. The van der Waals surface area contributed by atoms with Crippen LogP contribution in [-0.4, -0.2) is 6.61 Å². The first kappa shape index (κ1) is 25.2. The summed E-state index contributed by atoms with van der Waals surface area (Å²) in [6, 6.07) is 42.1. The van der Waals surface area contributed by atoms with E-state index in [0.717, 1.165) is 24.9 Å². The van der Waals surface area contributed by atoms with E-state index in [1.165, 1.54) is 53.6 Å². The molecule has 2 heteroatoms. The number of hydrogen-bond acceptors (Lipinski definition) is 1. The van der Waals surface area contributed by atoms with Crippen molar-refractivity contribution in [2.45, 2.75) is 51.6 Å². The van der Waals surface area contributed by atoms with Gasteiger partial charge in [0.2, 0.25) is 0 Å². The summed E-state index contributed by atoms with van der Waals surface area (Å²) >= 11 is 0. The molecule has 0 unspecified atom stereocenters. The molecular weight excluding hydrogens is 443 g/mol. The minimum atomic E-state index is -2.35. The van der Waals surface area contributed by atoms with Crippen LogP contribution in [0.15, 0.2) is 115 Å². The van der Waals surface area contributed by atoms with E-state index in [2.05, 4.69) is 122 Å². The third-order valence-corrected chi connectivity index (χ3v) is 11.9. The molecule has 0 bridgehead atoms. The Morgan fingerprint density at radius 2 is 0.971 bits per heavy atom. The van der Waals surface area contributed by atoms with E-state index in [0.29, 0.717) is 0 Å². The van der Waals surface area contributed by atoms with Crippen molar-refractivity contribution in [2.24, 2.45) is 0 Å². The zero-order valence-electron chi connectivity index (χ0n) is 21.0. The van der Waals surface area contributed by atoms with Crippen molar-refractivity contribution >= 4 is 23.2 Å². The Balaban J connectivity index is 1.68. The van der Waals surface area contributed by atoms with Crippen molar-refractivity contribution in [3.8, 4) is 5.75 Å². The fourth-order valence-corrected chi connectivity index (χ4v) is 9.88. The quantitative estimate of drug-likeness (QED) is 0.140. The van der Waals surface area contributed by atoms with Gasteiger partial charge in [-0.3, -0.25) is 0 Å². The van der Waals surface area contributed by atoms with Gasteiger partial charge in [-0.25, -0.2) is 0 Å². The number of rotatable bonds is 13. The van der Waals surface area contributed by atoms with E-state index in [4.69, 9.17) is 4.74 Å². The van der Waals surface area contributed by atoms with Gasteiger partial charge in [0.05, 0.1) is 0 Å². The van der Waals surface area contributed by atoms with Gasteiger partial charge >= 0.3 is 213 Å². The fourth-order valence-electron chi connectivity index (χ4n) is 5.12. The Morgan fingerprint density at radius 3 is 1.51 bits per heavy atom. The Labute approximate surface area is 212 Å². The summed E-state index contributed by atoms with van der Waals surface area (Å²) in [5, 5.41) is 4.30. The maximum absolute atomic E-state index is 6.42. The van der Waals surface area contributed by atoms with Crippen molar-refractivity contribution in [1.29, 1.82) is 0 Å². The van der Waals surface area contributed by atoms with E-state index in [9.17, 15) is 0 Å². The van der Waals surface area contributed by atoms with Gasteiger partial charge in [-0.15, -0.1) is 0 Å². The van der Waals surface area contributed by atoms with Crippen molar-refractivity contribution in [2.75, 3.05) is 6.61 Å². The van der Waals surface area contributed by atoms with E-state index < -0.39 is 7.26 Å². The molecular formula is C33H39OP. The van der Waals surface area contributed by atoms with Crippen molar-refractivity contribution in [3.05, 3.63) is 121 Å². The van der Waals surface area contributed by atoms with Crippen LogP contribution < -0.4 is 20.7 Å². The molecule has 182 valence electrons. The minimum absolute atomic E-state index is 0.791. The molecule has 0 amide bonds. The second kappa shape index (κ2) is 13.3. The van der Waals surface area contributed by atoms with Gasteiger partial charge in [0.1, 0.15) is 0 Å². The second-order valence-corrected chi connectivity index (χ2v) is 13.3. The summed E-state index contributed by atoms with van der Waals surface area (Å²) in [6.45, 7) is 3.06. The predicted molar refractivity (Wildman–Crippen MR) is 156 cm³/mol. The molecule has 0 aromatic heterocycles. The zero-order chi connectivity index (χ0) is 24.2. The molecule has 0 spiro atoms. The molecule has 0 fully saturated rings. The molecule has 4 aromatic rings. The molecule has 4 rings (SSSR count). The summed E-state index contributed by atoms with van der Waals surface area (Å²) < 4.78 is 6.42. The number of ether oxygens (including phenoxy) is 1. The van der Waals surface area contributed by atoms with Crippen LogP contribution in [0.4, 0.5) is 0 Å². The van der Waals surface area contributed by atoms with Crippen LogP contribution in [0.2, 0.25) is 0 Å². The number of unbranched alkanes of at least 4 members (excludes halogenated alkanes) is 5. The summed E-state index contributed by atoms with van der Waals surface area (Å²) in [5.41, 5.74) is 1.31. The zero-order valence-corrected chi connectivity index (χ0v) is 22.0. The van der Waals surface area contributed by atoms with E-state index >= 15 is 0 Å². The standard InChI is InChI=1S/C33H39OP/c1-2-3-4-5-6-18-27-34-33-26-17-16-19-29(33)28-35(30-20-10-7-11-21-30,31-22-12-8-13-23-31)32-24-14-9-15-25-32/h7-17,19-26,35H,2-6,18,27-28H2,1H3. The number of benzene rings is 4.